The number of piperidine rings is 1. The molecule has 0 radical (unpaired) electrons. The quantitative estimate of drug-likeness (QED) is 0.663. The molecule has 0 saturated carbocycles. The Morgan fingerprint density at radius 1 is 1.00 bits per heavy atom. The van der Waals surface area contributed by atoms with Gasteiger partial charge in [-0.3, -0.25) is 4.90 Å². The molecule has 0 atom stereocenters. The zero-order chi connectivity index (χ0) is 18.2. The molecule has 0 bridgehead atoms. The maximum atomic E-state index is 5.81. The van der Waals surface area contributed by atoms with Gasteiger partial charge in [-0.25, -0.2) is 0 Å². The third-order valence-corrected chi connectivity index (χ3v) is 4.99. The third-order valence-electron chi connectivity index (χ3n) is 4.99. The smallest absolute Gasteiger partial charge is 0.165 e. The highest BCUT2D eigenvalue weighted by molar-refractivity contribution is 5.85. The first-order valence-corrected chi connectivity index (χ1v) is 9.58. The molecular formula is C22H32Cl2N2O2. The normalized spacial score (nSPS) is 14.6. The highest BCUT2D eigenvalue weighted by Crippen LogP contribution is 2.31. The number of rotatable bonds is 8. The van der Waals surface area contributed by atoms with E-state index in [1.807, 2.05) is 19.1 Å². The first-order chi connectivity index (χ1) is 12.8. The van der Waals surface area contributed by atoms with Crippen LogP contribution < -0.4 is 14.8 Å². The van der Waals surface area contributed by atoms with E-state index >= 15 is 0 Å². The molecule has 156 valence electrons. The maximum absolute atomic E-state index is 5.81. The van der Waals surface area contributed by atoms with Crippen molar-refractivity contribution in [3.05, 3.63) is 59.7 Å². The van der Waals surface area contributed by atoms with Crippen LogP contribution in [0.4, 0.5) is 0 Å². The number of benzene rings is 2. The van der Waals surface area contributed by atoms with Crippen LogP contribution >= 0.6 is 24.8 Å². The largest absolute Gasteiger partial charge is 0.493 e. The molecule has 0 amide bonds. The second kappa shape index (κ2) is 12.9. The highest BCUT2D eigenvalue weighted by Gasteiger charge is 2.19. The SMILES string of the molecule is CCOc1c(CNC2CCN(Cc3ccccc3)CC2)cccc1OC.Cl.Cl. The number of ether oxygens (including phenoxy) is 2. The first kappa shape index (κ1) is 24.6. The number of nitrogens with zero attached hydrogens (tertiary/aromatic N) is 1. The number of nitrogens with one attached hydrogen (secondary N) is 1. The molecule has 6 heteroatoms. The fourth-order valence-corrected chi connectivity index (χ4v) is 3.56. The van der Waals surface area contributed by atoms with Crippen LogP contribution in [0, 0.1) is 0 Å². The summed E-state index contributed by atoms with van der Waals surface area (Å²) >= 11 is 0. The van der Waals surface area contributed by atoms with Crippen LogP contribution in [0.25, 0.3) is 0 Å². The van der Waals surface area contributed by atoms with Crippen molar-refractivity contribution in [2.45, 2.75) is 38.9 Å². The minimum atomic E-state index is 0. The van der Waals surface area contributed by atoms with Crippen LogP contribution in [0.1, 0.15) is 30.9 Å². The van der Waals surface area contributed by atoms with E-state index in [0.717, 1.165) is 43.2 Å². The van der Waals surface area contributed by atoms with Crippen LogP contribution in [0.2, 0.25) is 0 Å². The maximum Gasteiger partial charge on any atom is 0.165 e. The fourth-order valence-electron chi connectivity index (χ4n) is 3.56. The molecule has 1 N–H and O–H groups in total. The lowest BCUT2D eigenvalue weighted by Crippen LogP contribution is -2.41. The van der Waals surface area contributed by atoms with Gasteiger partial charge in [-0.2, -0.15) is 0 Å². The van der Waals surface area contributed by atoms with E-state index in [-0.39, 0.29) is 24.8 Å². The molecule has 0 aromatic heterocycles. The van der Waals surface area contributed by atoms with Gasteiger partial charge in [0, 0.05) is 24.7 Å². The number of hydrogen-bond donors (Lipinski definition) is 1. The lowest BCUT2D eigenvalue weighted by atomic mass is 10.0. The Bertz CT molecular complexity index is 677. The lowest BCUT2D eigenvalue weighted by molar-refractivity contribution is 0.189. The standard InChI is InChI=1S/C22H30N2O2.2ClH/c1-3-26-22-19(10-7-11-21(22)25-2)16-23-20-12-14-24(15-13-20)17-18-8-5-4-6-9-18;;/h4-11,20,23H,3,12-17H2,1-2H3;2*1H. The predicted molar refractivity (Wildman–Crippen MR) is 120 cm³/mol. The predicted octanol–water partition coefficient (Wildman–Crippen LogP) is 4.69. The zero-order valence-corrected chi connectivity index (χ0v) is 18.4. The van der Waals surface area contributed by atoms with Gasteiger partial charge in [-0.05, 0) is 44.5 Å². The van der Waals surface area contributed by atoms with Gasteiger partial charge in [0.2, 0.25) is 0 Å². The van der Waals surface area contributed by atoms with E-state index in [1.165, 1.54) is 18.4 Å². The van der Waals surface area contributed by atoms with Gasteiger partial charge in [0.25, 0.3) is 0 Å². The van der Waals surface area contributed by atoms with Crippen molar-refractivity contribution < 1.29 is 9.47 Å². The summed E-state index contributed by atoms with van der Waals surface area (Å²) in [6.45, 7) is 6.80. The molecule has 0 spiro atoms. The molecule has 3 rings (SSSR count). The Morgan fingerprint density at radius 3 is 2.36 bits per heavy atom. The molecule has 28 heavy (non-hydrogen) atoms. The summed E-state index contributed by atoms with van der Waals surface area (Å²) in [6, 6.07) is 17.4. The monoisotopic (exact) mass is 426 g/mol. The molecular weight excluding hydrogens is 395 g/mol. The van der Waals surface area contributed by atoms with Gasteiger partial charge >= 0.3 is 0 Å². The van der Waals surface area contributed by atoms with Crippen LogP contribution in [-0.2, 0) is 13.1 Å². The second-order valence-electron chi connectivity index (χ2n) is 6.80. The minimum absolute atomic E-state index is 0. The van der Waals surface area contributed by atoms with Crippen LogP contribution in [0.3, 0.4) is 0 Å². The zero-order valence-electron chi connectivity index (χ0n) is 16.7. The van der Waals surface area contributed by atoms with E-state index in [2.05, 4.69) is 46.6 Å². The van der Waals surface area contributed by atoms with Crippen LogP contribution in [0.5, 0.6) is 11.5 Å². The number of hydrogen-bond acceptors (Lipinski definition) is 4. The second-order valence-corrected chi connectivity index (χ2v) is 6.80. The van der Waals surface area contributed by atoms with Gasteiger partial charge in [0.05, 0.1) is 13.7 Å². The summed E-state index contributed by atoms with van der Waals surface area (Å²) in [5.41, 5.74) is 2.56. The highest BCUT2D eigenvalue weighted by atomic mass is 35.5. The van der Waals surface area contributed by atoms with E-state index < -0.39 is 0 Å². The van der Waals surface area contributed by atoms with E-state index in [0.29, 0.717) is 12.6 Å². The minimum Gasteiger partial charge on any atom is -0.493 e. The van der Waals surface area contributed by atoms with Crippen LogP contribution in [0.15, 0.2) is 48.5 Å². The summed E-state index contributed by atoms with van der Waals surface area (Å²) in [5, 5.41) is 3.71. The van der Waals surface area contributed by atoms with Gasteiger partial charge in [-0.1, -0.05) is 42.5 Å². The van der Waals surface area contributed by atoms with Crippen molar-refractivity contribution in [1.29, 1.82) is 0 Å². The number of para-hydroxylation sites is 1. The summed E-state index contributed by atoms with van der Waals surface area (Å²) in [4.78, 5) is 2.55. The topological polar surface area (TPSA) is 33.7 Å². The summed E-state index contributed by atoms with van der Waals surface area (Å²) in [5.74, 6) is 1.68. The Kier molecular flexibility index (Phi) is 11.3. The molecule has 2 aromatic carbocycles. The molecule has 4 nitrogen and oxygen atoms in total. The van der Waals surface area contributed by atoms with Crippen molar-refractivity contribution in [2.24, 2.45) is 0 Å². The van der Waals surface area contributed by atoms with Gasteiger partial charge in [0.15, 0.2) is 11.5 Å². The first-order valence-electron chi connectivity index (χ1n) is 9.58. The average molecular weight is 427 g/mol. The Morgan fingerprint density at radius 2 is 1.71 bits per heavy atom. The molecule has 1 fully saturated rings. The molecule has 1 aliphatic heterocycles. The average Bonchev–Trinajstić information content (AvgIpc) is 2.69. The number of likely N-dealkylation sites (tertiary alicyclic amines) is 1. The van der Waals surface area contributed by atoms with Crippen LogP contribution in [-0.4, -0.2) is 37.7 Å². The lowest BCUT2D eigenvalue weighted by Gasteiger charge is -2.32. The van der Waals surface area contributed by atoms with Crippen molar-refractivity contribution in [2.75, 3.05) is 26.8 Å². The molecule has 1 saturated heterocycles. The van der Waals surface area contributed by atoms with Crippen molar-refractivity contribution in [1.82, 2.24) is 10.2 Å². The van der Waals surface area contributed by atoms with E-state index in [1.54, 1.807) is 7.11 Å². The Balaban J connectivity index is 0.00000196. The Labute approximate surface area is 181 Å². The third kappa shape index (κ3) is 6.85. The van der Waals surface area contributed by atoms with Crippen molar-refractivity contribution in [3.63, 3.8) is 0 Å². The molecule has 1 heterocycles. The molecule has 0 aliphatic carbocycles. The fraction of sp³-hybridized carbons (Fsp3) is 0.455. The van der Waals surface area contributed by atoms with Gasteiger partial charge < -0.3 is 14.8 Å². The van der Waals surface area contributed by atoms with Gasteiger partial charge in [0.1, 0.15) is 0 Å². The van der Waals surface area contributed by atoms with E-state index in [4.69, 9.17) is 9.47 Å². The summed E-state index contributed by atoms with van der Waals surface area (Å²) in [7, 11) is 1.69. The molecule has 2 aromatic rings. The van der Waals surface area contributed by atoms with Crippen molar-refractivity contribution >= 4 is 24.8 Å². The summed E-state index contributed by atoms with van der Waals surface area (Å²) < 4.78 is 11.3. The van der Waals surface area contributed by atoms with Crippen molar-refractivity contribution in [3.8, 4) is 11.5 Å². The number of halogens is 2. The molecule has 0 unspecified atom stereocenters. The molecule has 1 aliphatic rings. The Hall–Kier alpha value is -1.46. The number of methoxy groups -OCH3 is 1. The van der Waals surface area contributed by atoms with Gasteiger partial charge in [-0.15, -0.1) is 24.8 Å². The summed E-state index contributed by atoms with van der Waals surface area (Å²) in [6.07, 6.45) is 2.36. The van der Waals surface area contributed by atoms with E-state index in [9.17, 15) is 0 Å².